The number of nitrogens with zero attached hydrogens (tertiary/aromatic N) is 2. The van der Waals surface area contributed by atoms with Crippen LogP contribution in [-0.4, -0.2) is 29.6 Å². The summed E-state index contributed by atoms with van der Waals surface area (Å²) in [5.74, 6) is -0.382. The van der Waals surface area contributed by atoms with Crippen molar-refractivity contribution in [3.8, 4) is 5.88 Å². The molecule has 0 amide bonds. The van der Waals surface area contributed by atoms with Gasteiger partial charge in [0.05, 0.1) is 25.1 Å². The highest BCUT2D eigenvalue weighted by atomic mass is 16.6. The van der Waals surface area contributed by atoms with E-state index in [1.54, 1.807) is 26.0 Å². The van der Waals surface area contributed by atoms with Crippen molar-refractivity contribution in [2.24, 2.45) is 0 Å². The summed E-state index contributed by atoms with van der Waals surface area (Å²) in [4.78, 5) is 25.5. The predicted molar refractivity (Wildman–Crippen MR) is 72.5 cm³/mol. The molecule has 0 aliphatic rings. The second-order valence-corrected chi connectivity index (χ2v) is 3.87. The highest BCUT2D eigenvalue weighted by Gasteiger charge is 2.21. The van der Waals surface area contributed by atoms with E-state index in [1.807, 2.05) is 0 Å². The summed E-state index contributed by atoms with van der Waals surface area (Å²) >= 11 is 0. The standard InChI is InChI=1S/C13H16N2O5/c1-4-20-11(16)7-5-6-10-8-14-13(19-3)12(9(10)2)15(17)18/h5-6,8H,4,7H2,1-3H3. The van der Waals surface area contributed by atoms with Crippen molar-refractivity contribution in [3.05, 3.63) is 33.5 Å². The molecule has 0 radical (unpaired) electrons. The fourth-order valence-electron chi connectivity index (χ4n) is 1.62. The summed E-state index contributed by atoms with van der Waals surface area (Å²) in [7, 11) is 1.32. The van der Waals surface area contributed by atoms with Crippen LogP contribution in [0.2, 0.25) is 0 Å². The Balaban J connectivity index is 2.97. The number of ether oxygens (including phenoxy) is 2. The van der Waals surface area contributed by atoms with Crippen LogP contribution in [0.25, 0.3) is 6.08 Å². The third kappa shape index (κ3) is 3.78. The molecule has 1 aromatic heterocycles. The number of rotatable bonds is 6. The molecule has 7 heteroatoms. The molecule has 0 unspecified atom stereocenters. The summed E-state index contributed by atoms with van der Waals surface area (Å²) in [6.45, 7) is 3.65. The minimum absolute atomic E-state index is 0.0324. The Bertz CT molecular complexity index is 540. The van der Waals surface area contributed by atoms with E-state index in [4.69, 9.17) is 9.47 Å². The van der Waals surface area contributed by atoms with E-state index in [0.717, 1.165) is 0 Å². The van der Waals surface area contributed by atoms with Gasteiger partial charge in [0.25, 0.3) is 5.88 Å². The van der Waals surface area contributed by atoms with Crippen molar-refractivity contribution in [1.29, 1.82) is 0 Å². The Kier molecular flexibility index (Phi) is 5.64. The van der Waals surface area contributed by atoms with Gasteiger partial charge in [-0.2, -0.15) is 0 Å². The van der Waals surface area contributed by atoms with E-state index in [2.05, 4.69) is 4.98 Å². The first-order valence-corrected chi connectivity index (χ1v) is 6.01. The molecule has 108 valence electrons. The van der Waals surface area contributed by atoms with Gasteiger partial charge in [-0.05, 0) is 13.8 Å². The van der Waals surface area contributed by atoms with Gasteiger partial charge in [-0.1, -0.05) is 12.2 Å². The van der Waals surface area contributed by atoms with Gasteiger partial charge < -0.3 is 9.47 Å². The molecule has 7 nitrogen and oxygen atoms in total. The Morgan fingerprint density at radius 2 is 2.25 bits per heavy atom. The van der Waals surface area contributed by atoms with Crippen LogP contribution >= 0.6 is 0 Å². The first-order valence-electron chi connectivity index (χ1n) is 6.01. The summed E-state index contributed by atoms with van der Waals surface area (Å²) in [5.41, 5.74) is 0.814. The maximum atomic E-state index is 11.2. The zero-order chi connectivity index (χ0) is 15.1. The molecule has 0 atom stereocenters. The van der Waals surface area contributed by atoms with Gasteiger partial charge in [-0.15, -0.1) is 0 Å². The highest BCUT2D eigenvalue weighted by molar-refractivity contribution is 5.73. The van der Waals surface area contributed by atoms with Gasteiger partial charge in [0.1, 0.15) is 0 Å². The summed E-state index contributed by atoms with van der Waals surface area (Å²) in [5, 5.41) is 11.0. The van der Waals surface area contributed by atoms with Crippen molar-refractivity contribution in [1.82, 2.24) is 4.98 Å². The van der Waals surface area contributed by atoms with Gasteiger partial charge >= 0.3 is 11.7 Å². The van der Waals surface area contributed by atoms with E-state index in [9.17, 15) is 14.9 Å². The number of pyridine rings is 1. The SMILES string of the molecule is CCOC(=O)CC=Cc1cnc(OC)c([N+](=O)[O-])c1C. The molecule has 0 spiro atoms. The van der Waals surface area contributed by atoms with Crippen LogP contribution in [0.1, 0.15) is 24.5 Å². The number of aromatic nitrogens is 1. The lowest BCUT2D eigenvalue weighted by atomic mass is 10.1. The van der Waals surface area contributed by atoms with E-state index in [-0.39, 0.29) is 24.0 Å². The third-order valence-corrected chi connectivity index (χ3v) is 2.57. The molecule has 1 rings (SSSR count). The summed E-state index contributed by atoms with van der Waals surface area (Å²) < 4.78 is 9.64. The quantitative estimate of drug-likeness (QED) is 0.451. The van der Waals surface area contributed by atoms with Crippen molar-refractivity contribution in [2.45, 2.75) is 20.3 Å². The van der Waals surface area contributed by atoms with E-state index >= 15 is 0 Å². The van der Waals surface area contributed by atoms with Gasteiger partial charge in [-0.3, -0.25) is 14.9 Å². The fraction of sp³-hybridized carbons (Fsp3) is 0.385. The molecule has 0 saturated heterocycles. The average Bonchev–Trinajstić information content (AvgIpc) is 2.40. The van der Waals surface area contributed by atoms with Crippen LogP contribution in [0.3, 0.4) is 0 Å². The molecule has 0 aromatic carbocycles. The first kappa shape index (κ1) is 15.6. The van der Waals surface area contributed by atoms with E-state index < -0.39 is 4.92 Å². The highest BCUT2D eigenvalue weighted by Crippen LogP contribution is 2.30. The molecule has 0 bridgehead atoms. The molecular formula is C13H16N2O5. The fourth-order valence-corrected chi connectivity index (χ4v) is 1.62. The molecule has 0 saturated carbocycles. The Labute approximate surface area is 116 Å². The van der Waals surface area contributed by atoms with Gasteiger partial charge in [0.15, 0.2) is 0 Å². The maximum Gasteiger partial charge on any atom is 0.334 e. The zero-order valence-corrected chi connectivity index (χ0v) is 11.6. The molecular weight excluding hydrogens is 264 g/mol. The van der Waals surface area contributed by atoms with E-state index in [1.165, 1.54) is 13.3 Å². The largest absolute Gasteiger partial charge is 0.476 e. The van der Waals surface area contributed by atoms with Crippen LogP contribution in [-0.2, 0) is 9.53 Å². The zero-order valence-electron chi connectivity index (χ0n) is 11.6. The van der Waals surface area contributed by atoms with E-state index in [0.29, 0.717) is 17.7 Å². The molecule has 0 aliphatic heterocycles. The number of carbonyl (C=O) groups is 1. The molecule has 20 heavy (non-hydrogen) atoms. The lowest BCUT2D eigenvalue weighted by Gasteiger charge is -2.05. The number of nitro groups is 1. The predicted octanol–water partition coefficient (Wildman–Crippen LogP) is 2.27. The van der Waals surface area contributed by atoms with Crippen molar-refractivity contribution in [2.75, 3.05) is 13.7 Å². The smallest absolute Gasteiger partial charge is 0.334 e. The Morgan fingerprint density at radius 1 is 1.55 bits per heavy atom. The van der Waals surface area contributed by atoms with Gasteiger partial charge in [0.2, 0.25) is 0 Å². The molecule has 0 fully saturated rings. The molecule has 1 aromatic rings. The first-order chi connectivity index (χ1) is 9.51. The van der Waals surface area contributed by atoms with Crippen LogP contribution in [0.15, 0.2) is 12.3 Å². The van der Waals surface area contributed by atoms with Crippen LogP contribution in [0.4, 0.5) is 5.69 Å². The molecule has 0 aliphatic carbocycles. The topological polar surface area (TPSA) is 91.6 Å². The summed E-state index contributed by atoms with van der Waals surface area (Å²) in [6.07, 6.45) is 4.75. The lowest BCUT2D eigenvalue weighted by Crippen LogP contribution is -2.02. The third-order valence-electron chi connectivity index (χ3n) is 2.57. The number of esters is 1. The van der Waals surface area contributed by atoms with Crippen molar-refractivity contribution < 1.29 is 19.2 Å². The number of carbonyl (C=O) groups excluding carboxylic acids is 1. The Morgan fingerprint density at radius 3 is 2.80 bits per heavy atom. The summed E-state index contributed by atoms with van der Waals surface area (Å²) in [6, 6.07) is 0. The minimum atomic E-state index is -0.538. The number of hydrogen-bond donors (Lipinski definition) is 0. The van der Waals surface area contributed by atoms with Gasteiger partial charge in [-0.25, -0.2) is 4.98 Å². The number of hydrogen-bond acceptors (Lipinski definition) is 6. The lowest BCUT2D eigenvalue weighted by molar-refractivity contribution is -0.386. The molecule has 1 heterocycles. The van der Waals surface area contributed by atoms with Crippen LogP contribution < -0.4 is 4.74 Å². The number of methoxy groups -OCH3 is 1. The second kappa shape index (κ2) is 7.22. The van der Waals surface area contributed by atoms with Gasteiger partial charge in [0, 0.05) is 17.3 Å². The van der Waals surface area contributed by atoms with Crippen molar-refractivity contribution >= 4 is 17.7 Å². The minimum Gasteiger partial charge on any atom is -0.476 e. The molecule has 0 N–H and O–H groups in total. The average molecular weight is 280 g/mol. The maximum absolute atomic E-state index is 11.2. The normalized spacial score (nSPS) is 10.6. The van der Waals surface area contributed by atoms with Crippen LogP contribution in [0.5, 0.6) is 5.88 Å². The monoisotopic (exact) mass is 280 g/mol. The van der Waals surface area contributed by atoms with Crippen molar-refractivity contribution in [3.63, 3.8) is 0 Å². The van der Waals surface area contributed by atoms with Crippen LogP contribution in [0, 0.1) is 17.0 Å². The second-order valence-electron chi connectivity index (χ2n) is 3.87. The Hall–Kier alpha value is -2.44.